The standard InChI is InChI=1S/C14H28N2O2/c1-11(2)13-8-14(10-15,4-6-18-13)16-5-7-17-12(3)9-16/h11-13H,4-10,15H2,1-3H3. The van der Waals surface area contributed by atoms with E-state index in [-0.39, 0.29) is 5.54 Å². The number of hydrogen-bond donors (Lipinski definition) is 1. The van der Waals surface area contributed by atoms with E-state index in [0.717, 1.165) is 45.7 Å². The third kappa shape index (κ3) is 2.87. The minimum absolute atomic E-state index is 0.130. The van der Waals surface area contributed by atoms with Gasteiger partial charge >= 0.3 is 0 Å². The van der Waals surface area contributed by atoms with Crippen LogP contribution in [0.25, 0.3) is 0 Å². The molecule has 18 heavy (non-hydrogen) atoms. The van der Waals surface area contributed by atoms with Gasteiger partial charge < -0.3 is 15.2 Å². The van der Waals surface area contributed by atoms with Crippen molar-refractivity contribution in [1.82, 2.24) is 4.90 Å². The Morgan fingerprint density at radius 1 is 1.33 bits per heavy atom. The number of morpholine rings is 1. The van der Waals surface area contributed by atoms with Gasteiger partial charge in [-0.25, -0.2) is 0 Å². The first-order chi connectivity index (χ1) is 8.57. The van der Waals surface area contributed by atoms with E-state index >= 15 is 0 Å². The van der Waals surface area contributed by atoms with Gasteiger partial charge in [0.05, 0.1) is 18.8 Å². The van der Waals surface area contributed by atoms with Crippen LogP contribution in [0.1, 0.15) is 33.6 Å². The van der Waals surface area contributed by atoms with E-state index in [0.29, 0.717) is 18.1 Å². The number of nitrogens with zero attached hydrogens (tertiary/aromatic N) is 1. The molecule has 3 atom stereocenters. The van der Waals surface area contributed by atoms with Crippen molar-refractivity contribution < 1.29 is 9.47 Å². The van der Waals surface area contributed by atoms with Crippen LogP contribution in [0.15, 0.2) is 0 Å². The van der Waals surface area contributed by atoms with E-state index < -0.39 is 0 Å². The topological polar surface area (TPSA) is 47.7 Å². The average molecular weight is 256 g/mol. The van der Waals surface area contributed by atoms with Gasteiger partial charge in [-0.3, -0.25) is 4.90 Å². The highest BCUT2D eigenvalue weighted by Gasteiger charge is 2.42. The molecule has 0 bridgehead atoms. The summed E-state index contributed by atoms with van der Waals surface area (Å²) in [5.41, 5.74) is 6.27. The molecule has 4 heteroatoms. The predicted molar refractivity (Wildman–Crippen MR) is 72.6 cm³/mol. The lowest BCUT2D eigenvalue weighted by atomic mass is 9.81. The minimum Gasteiger partial charge on any atom is -0.378 e. The van der Waals surface area contributed by atoms with Crippen LogP contribution in [0.5, 0.6) is 0 Å². The van der Waals surface area contributed by atoms with Crippen molar-refractivity contribution >= 4 is 0 Å². The number of nitrogens with two attached hydrogens (primary N) is 1. The summed E-state index contributed by atoms with van der Waals surface area (Å²) in [6, 6.07) is 0. The second-order valence-corrected chi connectivity index (χ2v) is 6.16. The summed E-state index contributed by atoms with van der Waals surface area (Å²) in [4.78, 5) is 2.55. The Morgan fingerprint density at radius 2 is 2.11 bits per heavy atom. The highest BCUT2D eigenvalue weighted by atomic mass is 16.5. The summed E-state index contributed by atoms with van der Waals surface area (Å²) in [6.45, 7) is 11.0. The lowest BCUT2D eigenvalue weighted by Gasteiger charge is -2.51. The molecule has 0 aromatic heterocycles. The molecule has 2 saturated heterocycles. The minimum atomic E-state index is 0.130. The maximum absolute atomic E-state index is 6.14. The van der Waals surface area contributed by atoms with E-state index in [1.165, 1.54) is 0 Å². The molecule has 2 fully saturated rings. The van der Waals surface area contributed by atoms with Crippen LogP contribution in [0, 0.1) is 5.92 Å². The molecule has 4 nitrogen and oxygen atoms in total. The first-order valence-electron chi connectivity index (χ1n) is 7.26. The van der Waals surface area contributed by atoms with Crippen molar-refractivity contribution in [2.45, 2.75) is 51.4 Å². The van der Waals surface area contributed by atoms with Crippen LogP contribution in [0.2, 0.25) is 0 Å². The molecular weight excluding hydrogens is 228 g/mol. The zero-order valence-electron chi connectivity index (χ0n) is 12.0. The summed E-state index contributed by atoms with van der Waals surface area (Å²) >= 11 is 0. The molecule has 3 unspecified atom stereocenters. The normalized spacial score (nSPS) is 39.2. The molecule has 2 heterocycles. The van der Waals surface area contributed by atoms with Gasteiger partial charge in [-0.1, -0.05) is 13.8 Å². The summed E-state index contributed by atoms with van der Waals surface area (Å²) in [6.07, 6.45) is 2.79. The molecule has 2 N–H and O–H groups in total. The van der Waals surface area contributed by atoms with E-state index in [2.05, 4.69) is 25.7 Å². The van der Waals surface area contributed by atoms with E-state index in [9.17, 15) is 0 Å². The number of ether oxygens (including phenoxy) is 2. The zero-order valence-corrected chi connectivity index (χ0v) is 12.0. The van der Waals surface area contributed by atoms with Gasteiger partial charge in [0, 0.05) is 31.8 Å². The monoisotopic (exact) mass is 256 g/mol. The van der Waals surface area contributed by atoms with Gasteiger partial charge in [-0.15, -0.1) is 0 Å². The Morgan fingerprint density at radius 3 is 2.72 bits per heavy atom. The highest BCUT2D eigenvalue weighted by molar-refractivity contribution is 4.98. The first kappa shape index (κ1) is 14.3. The Labute approximate surface area is 111 Å². The van der Waals surface area contributed by atoms with Crippen LogP contribution >= 0.6 is 0 Å². The van der Waals surface area contributed by atoms with Crippen molar-refractivity contribution in [3.05, 3.63) is 0 Å². The number of hydrogen-bond acceptors (Lipinski definition) is 4. The second kappa shape index (κ2) is 5.87. The summed E-state index contributed by atoms with van der Waals surface area (Å²) < 4.78 is 11.5. The second-order valence-electron chi connectivity index (χ2n) is 6.16. The molecule has 0 aliphatic carbocycles. The molecule has 0 amide bonds. The van der Waals surface area contributed by atoms with Crippen LogP contribution in [0.4, 0.5) is 0 Å². The fraction of sp³-hybridized carbons (Fsp3) is 1.00. The molecule has 0 radical (unpaired) electrons. The third-order valence-corrected chi connectivity index (χ3v) is 4.52. The highest BCUT2D eigenvalue weighted by Crippen LogP contribution is 2.34. The zero-order chi connectivity index (χ0) is 13.2. The van der Waals surface area contributed by atoms with Gasteiger partial charge in [0.15, 0.2) is 0 Å². The first-order valence-corrected chi connectivity index (χ1v) is 7.26. The lowest BCUT2D eigenvalue weighted by Crippen LogP contribution is -2.62. The lowest BCUT2D eigenvalue weighted by molar-refractivity contribution is -0.121. The van der Waals surface area contributed by atoms with Crippen LogP contribution < -0.4 is 5.73 Å². The van der Waals surface area contributed by atoms with Gasteiger partial charge in [0.2, 0.25) is 0 Å². The van der Waals surface area contributed by atoms with Crippen molar-refractivity contribution in [3.8, 4) is 0 Å². The summed E-state index contributed by atoms with van der Waals surface area (Å²) in [5, 5.41) is 0. The Bertz CT molecular complexity index is 273. The molecule has 0 aromatic carbocycles. The van der Waals surface area contributed by atoms with E-state index in [1.54, 1.807) is 0 Å². The van der Waals surface area contributed by atoms with Crippen molar-refractivity contribution in [2.75, 3.05) is 32.8 Å². The fourth-order valence-electron chi connectivity index (χ4n) is 3.21. The van der Waals surface area contributed by atoms with Crippen molar-refractivity contribution in [3.63, 3.8) is 0 Å². The van der Waals surface area contributed by atoms with Gasteiger partial charge in [0.25, 0.3) is 0 Å². The van der Waals surface area contributed by atoms with Crippen LogP contribution in [-0.4, -0.2) is 55.5 Å². The smallest absolute Gasteiger partial charge is 0.0674 e. The largest absolute Gasteiger partial charge is 0.378 e. The maximum Gasteiger partial charge on any atom is 0.0674 e. The average Bonchev–Trinajstić information content (AvgIpc) is 2.38. The van der Waals surface area contributed by atoms with Gasteiger partial charge in [0.1, 0.15) is 0 Å². The molecule has 0 aromatic rings. The molecule has 0 spiro atoms. The Balaban J connectivity index is 2.08. The molecule has 106 valence electrons. The number of rotatable bonds is 3. The molecule has 0 saturated carbocycles. The molecule has 2 aliphatic rings. The Hall–Kier alpha value is -0.160. The quantitative estimate of drug-likeness (QED) is 0.825. The van der Waals surface area contributed by atoms with Gasteiger partial charge in [-0.2, -0.15) is 0 Å². The summed E-state index contributed by atoms with van der Waals surface area (Å²) in [7, 11) is 0. The predicted octanol–water partition coefficient (Wildman–Crippen LogP) is 1.24. The van der Waals surface area contributed by atoms with E-state index in [1.807, 2.05) is 0 Å². The van der Waals surface area contributed by atoms with Crippen LogP contribution in [-0.2, 0) is 9.47 Å². The van der Waals surface area contributed by atoms with Gasteiger partial charge in [-0.05, 0) is 25.7 Å². The van der Waals surface area contributed by atoms with E-state index in [4.69, 9.17) is 15.2 Å². The SMILES string of the molecule is CC1CN(C2(CN)CCOC(C(C)C)C2)CCO1. The Kier molecular flexibility index (Phi) is 4.64. The summed E-state index contributed by atoms with van der Waals surface area (Å²) in [5.74, 6) is 0.565. The van der Waals surface area contributed by atoms with Crippen molar-refractivity contribution in [1.29, 1.82) is 0 Å². The molecule has 2 rings (SSSR count). The van der Waals surface area contributed by atoms with Crippen molar-refractivity contribution in [2.24, 2.45) is 11.7 Å². The maximum atomic E-state index is 6.14. The fourth-order valence-corrected chi connectivity index (χ4v) is 3.21. The molecule has 2 aliphatic heterocycles. The molecular formula is C14H28N2O2. The van der Waals surface area contributed by atoms with Crippen LogP contribution in [0.3, 0.4) is 0 Å². The third-order valence-electron chi connectivity index (χ3n) is 4.52.